The van der Waals surface area contributed by atoms with Crippen LogP contribution in [-0.2, 0) is 30.0 Å². The van der Waals surface area contributed by atoms with Crippen LogP contribution in [0.25, 0.3) is 11.2 Å². The Kier molecular flexibility index (Phi) is 7.17. The van der Waals surface area contributed by atoms with Crippen LogP contribution in [0.4, 0.5) is 4.39 Å². The Morgan fingerprint density at radius 1 is 1.24 bits per heavy atom. The summed E-state index contributed by atoms with van der Waals surface area (Å²) in [6, 6.07) is 13.0. The maximum atomic E-state index is 14.2. The maximum absolute atomic E-state index is 14.2. The number of aromatic carboxylic acids is 1. The molecule has 1 atom stereocenters. The third-order valence-corrected chi connectivity index (χ3v) is 7.79. The zero-order valence-corrected chi connectivity index (χ0v) is 22.3. The number of rotatable bonds is 9. The van der Waals surface area contributed by atoms with E-state index >= 15 is 0 Å². The van der Waals surface area contributed by atoms with Gasteiger partial charge in [0.1, 0.15) is 23.8 Å². The lowest BCUT2D eigenvalue weighted by atomic mass is 9.85. The number of nitrogens with two attached hydrogens (primary N) is 1. The first-order chi connectivity index (χ1) is 19.8. The van der Waals surface area contributed by atoms with Crippen LogP contribution in [-0.4, -0.2) is 56.3 Å². The number of pyridine rings is 1. The van der Waals surface area contributed by atoms with Crippen LogP contribution < -0.4 is 10.5 Å². The van der Waals surface area contributed by atoms with E-state index in [1.807, 2.05) is 22.8 Å². The van der Waals surface area contributed by atoms with E-state index in [4.69, 9.17) is 29.9 Å². The van der Waals surface area contributed by atoms with Crippen molar-refractivity contribution in [2.75, 3.05) is 19.7 Å². The minimum absolute atomic E-state index is 0.0191. The van der Waals surface area contributed by atoms with E-state index < -0.39 is 17.3 Å². The molecule has 41 heavy (non-hydrogen) atoms. The lowest BCUT2D eigenvalue weighted by Crippen LogP contribution is -2.48. The predicted molar refractivity (Wildman–Crippen MR) is 143 cm³/mol. The van der Waals surface area contributed by atoms with Crippen LogP contribution in [0.5, 0.6) is 5.88 Å². The first-order valence-electron chi connectivity index (χ1n) is 13.5. The van der Waals surface area contributed by atoms with Crippen molar-refractivity contribution in [3.63, 3.8) is 0 Å². The molecule has 1 aromatic carbocycles. The molecule has 2 fully saturated rings. The third kappa shape index (κ3) is 5.52. The highest BCUT2D eigenvalue weighted by atomic mass is 19.1. The van der Waals surface area contributed by atoms with Gasteiger partial charge in [-0.05, 0) is 37.5 Å². The molecule has 11 nitrogen and oxygen atoms in total. The summed E-state index contributed by atoms with van der Waals surface area (Å²) in [5, 5.41) is 18.3. The second-order valence-electron chi connectivity index (χ2n) is 10.5. The summed E-state index contributed by atoms with van der Waals surface area (Å²) in [5.41, 5.74) is 8.43. The number of carbonyl (C=O) groups is 1. The highest BCUT2D eigenvalue weighted by molar-refractivity contribution is 5.89. The quantitative estimate of drug-likeness (QED) is 0.311. The Hall–Kier alpha value is -4.31. The smallest absolute Gasteiger partial charge is 0.371 e. The van der Waals surface area contributed by atoms with Gasteiger partial charge in [0.15, 0.2) is 0 Å². The topological polar surface area (TPSA) is 153 Å². The number of carboxylic acid groups (broad SMARTS) is 1. The van der Waals surface area contributed by atoms with E-state index in [2.05, 4.69) is 9.88 Å². The number of fused-ring (bicyclic) bond motifs is 1. The maximum Gasteiger partial charge on any atom is 0.371 e. The Morgan fingerprint density at radius 2 is 2.05 bits per heavy atom. The summed E-state index contributed by atoms with van der Waals surface area (Å²) in [7, 11) is 0. The van der Waals surface area contributed by atoms with Crippen LogP contribution in [0.2, 0.25) is 0 Å². The van der Waals surface area contributed by atoms with E-state index in [9.17, 15) is 14.3 Å². The molecule has 0 amide bonds. The zero-order chi connectivity index (χ0) is 28.6. The number of aromatic nitrogens is 3. The minimum atomic E-state index is -1.13. The number of piperidine rings is 1. The molecule has 0 radical (unpaired) electrons. The summed E-state index contributed by atoms with van der Waals surface area (Å²) in [6.07, 6.45) is 2.29. The van der Waals surface area contributed by atoms with Gasteiger partial charge < -0.3 is 24.7 Å². The monoisotopic (exact) mass is 560 g/mol. The standard InChI is InChI=1S/C29H29FN6O5/c30-21-12-18(14-31)4-5-19(21)17-40-26-3-1-2-24(34-26)29(32)7-9-35(10-8-29)16-25-33-22-13-23(28(37)38)41-27(22)36(25)15-20-6-11-39-20/h1-5,12-13,20H,6-11,15-17,32H2,(H,37,38)/t20-/m0/s1. The molecule has 212 valence electrons. The van der Waals surface area contributed by atoms with Crippen molar-refractivity contribution in [2.45, 2.75) is 50.6 Å². The van der Waals surface area contributed by atoms with Crippen LogP contribution in [0.15, 0.2) is 46.9 Å². The summed E-state index contributed by atoms with van der Waals surface area (Å²) in [4.78, 5) is 23.0. The molecule has 0 bridgehead atoms. The van der Waals surface area contributed by atoms with Crippen molar-refractivity contribution in [1.82, 2.24) is 19.4 Å². The Morgan fingerprint density at radius 3 is 2.73 bits per heavy atom. The molecular formula is C29H29FN6O5. The minimum Gasteiger partial charge on any atom is -0.475 e. The molecule has 0 unspecified atom stereocenters. The largest absolute Gasteiger partial charge is 0.475 e. The Bertz CT molecular complexity index is 1630. The number of benzene rings is 1. The van der Waals surface area contributed by atoms with E-state index in [1.54, 1.807) is 12.1 Å². The molecular weight excluding hydrogens is 531 g/mol. The fraction of sp³-hybridized carbons (Fsp3) is 0.379. The van der Waals surface area contributed by atoms with E-state index in [0.29, 0.717) is 74.0 Å². The van der Waals surface area contributed by atoms with Crippen molar-refractivity contribution in [3.05, 3.63) is 76.7 Å². The van der Waals surface area contributed by atoms with E-state index in [1.165, 1.54) is 18.2 Å². The second kappa shape index (κ2) is 10.9. The Balaban J connectivity index is 1.11. The van der Waals surface area contributed by atoms with Gasteiger partial charge in [0.2, 0.25) is 17.4 Å². The number of nitriles is 1. The predicted octanol–water partition coefficient (Wildman–Crippen LogP) is 3.55. The number of halogens is 1. The number of imidazole rings is 1. The lowest BCUT2D eigenvalue weighted by molar-refractivity contribution is -0.0595. The molecule has 0 aliphatic carbocycles. The van der Waals surface area contributed by atoms with Crippen molar-refractivity contribution in [2.24, 2.45) is 5.73 Å². The molecule has 2 aliphatic heterocycles. The van der Waals surface area contributed by atoms with Crippen LogP contribution >= 0.6 is 0 Å². The van der Waals surface area contributed by atoms with Gasteiger partial charge in [-0.2, -0.15) is 5.26 Å². The van der Waals surface area contributed by atoms with Crippen molar-refractivity contribution in [3.8, 4) is 11.9 Å². The molecule has 2 aliphatic rings. The number of nitrogens with zero attached hydrogens (tertiary/aromatic N) is 5. The molecule has 3 aromatic heterocycles. The molecule has 4 aromatic rings. The van der Waals surface area contributed by atoms with Crippen LogP contribution in [0.1, 0.15) is 52.5 Å². The van der Waals surface area contributed by atoms with Crippen LogP contribution in [0.3, 0.4) is 0 Å². The van der Waals surface area contributed by atoms with Crippen molar-refractivity contribution in [1.29, 1.82) is 5.26 Å². The lowest BCUT2D eigenvalue weighted by Gasteiger charge is -2.38. The highest BCUT2D eigenvalue weighted by Gasteiger charge is 2.35. The normalized spacial score (nSPS) is 18.6. The summed E-state index contributed by atoms with van der Waals surface area (Å²) < 4.78 is 33.2. The Labute approximate surface area is 234 Å². The second-order valence-corrected chi connectivity index (χ2v) is 10.5. The molecule has 2 saturated heterocycles. The van der Waals surface area contributed by atoms with Crippen molar-refractivity contribution >= 4 is 17.2 Å². The molecule has 5 heterocycles. The number of hydrogen-bond acceptors (Lipinski definition) is 9. The molecule has 0 saturated carbocycles. The van der Waals surface area contributed by atoms with E-state index in [0.717, 1.165) is 12.2 Å². The molecule has 3 N–H and O–H groups in total. The van der Waals surface area contributed by atoms with Gasteiger partial charge in [0.25, 0.3) is 0 Å². The van der Waals surface area contributed by atoms with Gasteiger partial charge in [0.05, 0.1) is 42.1 Å². The number of likely N-dealkylation sites (tertiary alicyclic amines) is 1. The van der Waals surface area contributed by atoms with E-state index in [-0.39, 0.29) is 24.0 Å². The number of carboxylic acids is 1. The summed E-state index contributed by atoms with van der Waals surface area (Å²) in [5.74, 6) is -0.625. The van der Waals surface area contributed by atoms with Crippen molar-refractivity contribution < 1.29 is 28.2 Å². The number of furan rings is 1. The molecule has 12 heteroatoms. The number of hydrogen-bond donors (Lipinski definition) is 2. The van der Waals surface area contributed by atoms with Gasteiger partial charge in [-0.1, -0.05) is 12.1 Å². The fourth-order valence-corrected chi connectivity index (χ4v) is 5.23. The van der Waals surface area contributed by atoms with Gasteiger partial charge in [-0.25, -0.2) is 19.2 Å². The first-order valence-corrected chi connectivity index (χ1v) is 13.5. The highest BCUT2D eigenvalue weighted by Crippen LogP contribution is 2.32. The summed E-state index contributed by atoms with van der Waals surface area (Å²) >= 11 is 0. The fourth-order valence-electron chi connectivity index (χ4n) is 5.23. The zero-order valence-electron chi connectivity index (χ0n) is 22.3. The van der Waals surface area contributed by atoms with Gasteiger partial charge in [-0.3, -0.25) is 9.47 Å². The third-order valence-electron chi connectivity index (χ3n) is 7.79. The summed E-state index contributed by atoms with van der Waals surface area (Å²) in [6.45, 7) is 3.21. The van der Waals surface area contributed by atoms with Gasteiger partial charge in [-0.15, -0.1) is 0 Å². The average molecular weight is 561 g/mol. The van der Waals surface area contributed by atoms with Crippen LogP contribution in [0, 0.1) is 17.1 Å². The molecule has 6 rings (SSSR count). The average Bonchev–Trinajstić information content (AvgIpc) is 3.50. The van der Waals surface area contributed by atoms with Gasteiger partial charge >= 0.3 is 5.97 Å². The number of ether oxygens (including phenoxy) is 2. The first kappa shape index (κ1) is 26.9. The molecule has 0 spiro atoms. The van der Waals surface area contributed by atoms with Gasteiger partial charge in [0, 0.05) is 37.4 Å². The SMILES string of the molecule is N#Cc1ccc(COc2cccc(C3(N)CCN(Cc4nc5cc(C(=O)O)oc5n4C[C@@H]4CCO4)CC3)n2)c(F)c1.